The molecule has 1 aromatic carbocycles. The first kappa shape index (κ1) is 16.1. The predicted octanol–water partition coefficient (Wildman–Crippen LogP) is 2.50. The highest BCUT2D eigenvalue weighted by Crippen LogP contribution is 2.21. The summed E-state index contributed by atoms with van der Waals surface area (Å²) < 4.78 is 7.16. The first-order valence-electron chi connectivity index (χ1n) is 7.43. The van der Waals surface area contributed by atoms with Gasteiger partial charge in [0, 0.05) is 30.7 Å². The predicted molar refractivity (Wildman–Crippen MR) is 85.6 cm³/mol. The normalized spacial score (nSPS) is 12.4. The van der Waals surface area contributed by atoms with Crippen LogP contribution < -0.4 is 5.32 Å². The molecule has 0 bridgehead atoms. The van der Waals surface area contributed by atoms with Crippen molar-refractivity contribution in [2.45, 2.75) is 26.9 Å². The van der Waals surface area contributed by atoms with Gasteiger partial charge in [-0.25, -0.2) is 4.79 Å². The molecule has 2 rings (SSSR count). The molecule has 0 spiro atoms. The van der Waals surface area contributed by atoms with Crippen LogP contribution in [-0.4, -0.2) is 29.1 Å². The smallest absolute Gasteiger partial charge is 0.341 e. The lowest BCUT2D eigenvalue weighted by molar-refractivity contribution is -0.129. The van der Waals surface area contributed by atoms with E-state index in [-0.39, 0.29) is 5.91 Å². The van der Waals surface area contributed by atoms with E-state index >= 15 is 0 Å². The highest BCUT2D eigenvalue weighted by atomic mass is 16.5. The number of nitrogens with zero attached hydrogens (tertiary/aromatic N) is 1. The van der Waals surface area contributed by atoms with Gasteiger partial charge in [-0.15, -0.1) is 0 Å². The Morgan fingerprint density at radius 2 is 1.91 bits per heavy atom. The van der Waals surface area contributed by atoms with Crippen LogP contribution >= 0.6 is 0 Å². The van der Waals surface area contributed by atoms with Crippen molar-refractivity contribution in [1.82, 2.24) is 9.88 Å². The number of carbonyl (C=O) groups is 2. The molecule has 118 valence electrons. The Bertz CT molecular complexity index is 688. The van der Waals surface area contributed by atoms with Crippen LogP contribution in [-0.2, 0) is 16.6 Å². The first-order valence-corrected chi connectivity index (χ1v) is 7.43. The van der Waals surface area contributed by atoms with Crippen LogP contribution in [0.1, 0.15) is 31.1 Å². The van der Waals surface area contributed by atoms with E-state index in [2.05, 4.69) is 5.32 Å². The minimum absolute atomic E-state index is 0.276. The van der Waals surface area contributed by atoms with Gasteiger partial charge < -0.3 is 14.6 Å². The summed E-state index contributed by atoms with van der Waals surface area (Å²) in [5.41, 5.74) is 1.42. The Labute approximate surface area is 130 Å². The molecule has 1 aromatic heterocycles. The number of nitrogens with one attached hydrogen (secondary N) is 1. The first-order chi connectivity index (χ1) is 10.4. The van der Waals surface area contributed by atoms with E-state index in [4.69, 9.17) is 4.74 Å². The molecule has 0 saturated carbocycles. The molecule has 1 atom stereocenters. The minimum Gasteiger partial charge on any atom is -0.449 e. The van der Waals surface area contributed by atoms with Crippen molar-refractivity contribution in [3.05, 3.63) is 36.0 Å². The van der Waals surface area contributed by atoms with Crippen molar-refractivity contribution in [2.24, 2.45) is 13.0 Å². The number of aromatic nitrogens is 1. The van der Waals surface area contributed by atoms with Crippen LogP contribution in [0.5, 0.6) is 0 Å². The number of ether oxygens (including phenoxy) is 1. The maximum absolute atomic E-state index is 12.3. The molecular weight excluding hydrogens is 280 g/mol. The maximum atomic E-state index is 12.3. The Hall–Kier alpha value is -2.30. The molecule has 1 unspecified atom stereocenters. The van der Waals surface area contributed by atoms with E-state index in [0.29, 0.717) is 18.0 Å². The number of para-hydroxylation sites is 1. The molecule has 0 aliphatic heterocycles. The SMILES string of the molecule is CC(C)CNC(=O)C(C)OC(=O)c1cn(C)c2ccccc12. The lowest BCUT2D eigenvalue weighted by Gasteiger charge is -2.14. The average molecular weight is 302 g/mol. The second kappa shape index (κ2) is 6.64. The number of rotatable bonds is 5. The highest BCUT2D eigenvalue weighted by molar-refractivity contribution is 6.05. The van der Waals surface area contributed by atoms with Gasteiger partial charge in [0.1, 0.15) is 0 Å². The summed E-state index contributed by atoms with van der Waals surface area (Å²) in [5.74, 6) is -0.406. The average Bonchev–Trinajstić information content (AvgIpc) is 2.82. The second-order valence-electron chi connectivity index (χ2n) is 5.86. The number of hydrogen-bond donors (Lipinski definition) is 1. The summed E-state index contributed by atoms with van der Waals surface area (Å²) in [6.45, 7) is 6.16. The fraction of sp³-hybridized carbons (Fsp3) is 0.412. The van der Waals surface area contributed by atoms with E-state index in [1.165, 1.54) is 0 Å². The van der Waals surface area contributed by atoms with E-state index in [9.17, 15) is 9.59 Å². The topological polar surface area (TPSA) is 60.3 Å². The number of aryl methyl sites for hydroxylation is 1. The monoisotopic (exact) mass is 302 g/mol. The molecule has 5 heteroatoms. The van der Waals surface area contributed by atoms with Crippen LogP contribution in [0.15, 0.2) is 30.5 Å². The van der Waals surface area contributed by atoms with Crippen LogP contribution in [0.3, 0.4) is 0 Å². The molecule has 0 aliphatic carbocycles. The molecule has 1 heterocycles. The van der Waals surface area contributed by atoms with Gasteiger partial charge in [-0.2, -0.15) is 0 Å². The van der Waals surface area contributed by atoms with Gasteiger partial charge >= 0.3 is 5.97 Å². The molecule has 0 aliphatic rings. The third-order valence-electron chi connectivity index (χ3n) is 3.45. The number of esters is 1. The van der Waals surface area contributed by atoms with Gasteiger partial charge in [0.15, 0.2) is 6.10 Å². The zero-order chi connectivity index (χ0) is 16.3. The van der Waals surface area contributed by atoms with Gasteiger partial charge in [-0.05, 0) is 18.9 Å². The molecule has 22 heavy (non-hydrogen) atoms. The summed E-state index contributed by atoms with van der Waals surface area (Å²) in [4.78, 5) is 24.2. The number of carbonyl (C=O) groups excluding carboxylic acids is 2. The van der Waals surface area contributed by atoms with Gasteiger partial charge in [-0.1, -0.05) is 32.0 Å². The standard InChI is InChI=1S/C17H22N2O3/c1-11(2)9-18-16(20)12(3)22-17(21)14-10-19(4)15-8-6-5-7-13(14)15/h5-8,10-12H,9H2,1-4H3,(H,18,20). The number of hydrogen-bond acceptors (Lipinski definition) is 3. The Balaban J connectivity index is 2.09. The lowest BCUT2D eigenvalue weighted by Crippen LogP contribution is -2.37. The van der Waals surface area contributed by atoms with E-state index < -0.39 is 12.1 Å². The third-order valence-corrected chi connectivity index (χ3v) is 3.45. The molecule has 1 amide bonds. The minimum atomic E-state index is -0.815. The zero-order valence-corrected chi connectivity index (χ0v) is 13.4. The van der Waals surface area contributed by atoms with Crippen molar-refractivity contribution in [3.63, 3.8) is 0 Å². The molecule has 0 saturated heterocycles. The Morgan fingerprint density at radius 1 is 1.23 bits per heavy atom. The molecule has 0 radical (unpaired) electrons. The maximum Gasteiger partial charge on any atom is 0.341 e. The van der Waals surface area contributed by atoms with E-state index in [0.717, 1.165) is 10.9 Å². The summed E-state index contributed by atoms with van der Waals surface area (Å²) in [6, 6.07) is 7.59. The van der Waals surface area contributed by atoms with Crippen molar-refractivity contribution < 1.29 is 14.3 Å². The second-order valence-corrected chi connectivity index (χ2v) is 5.86. The number of amides is 1. The molecular formula is C17H22N2O3. The summed E-state index contributed by atoms with van der Waals surface area (Å²) in [6.07, 6.45) is 0.913. The Kier molecular flexibility index (Phi) is 4.85. The van der Waals surface area contributed by atoms with E-state index in [1.54, 1.807) is 13.1 Å². The molecule has 1 N–H and O–H groups in total. The quantitative estimate of drug-likeness (QED) is 0.863. The number of benzene rings is 1. The largest absolute Gasteiger partial charge is 0.449 e. The number of fused-ring (bicyclic) bond motifs is 1. The fourth-order valence-corrected chi connectivity index (χ4v) is 2.23. The van der Waals surface area contributed by atoms with Crippen molar-refractivity contribution >= 4 is 22.8 Å². The van der Waals surface area contributed by atoms with Crippen molar-refractivity contribution in [1.29, 1.82) is 0 Å². The van der Waals surface area contributed by atoms with Crippen LogP contribution in [0, 0.1) is 5.92 Å². The van der Waals surface area contributed by atoms with Gasteiger partial charge in [0.2, 0.25) is 0 Å². The van der Waals surface area contributed by atoms with Gasteiger partial charge in [0.25, 0.3) is 5.91 Å². The third kappa shape index (κ3) is 3.47. The molecule has 2 aromatic rings. The van der Waals surface area contributed by atoms with Crippen molar-refractivity contribution in [3.8, 4) is 0 Å². The van der Waals surface area contributed by atoms with Crippen LogP contribution in [0.25, 0.3) is 10.9 Å². The zero-order valence-electron chi connectivity index (χ0n) is 13.4. The fourth-order valence-electron chi connectivity index (χ4n) is 2.23. The summed E-state index contributed by atoms with van der Waals surface area (Å²) in [5, 5.41) is 3.58. The van der Waals surface area contributed by atoms with E-state index in [1.807, 2.05) is 49.7 Å². The molecule has 0 fully saturated rings. The lowest BCUT2D eigenvalue weighted by atomic mass is 10.2. The van der Waals surface area contributed by atoms with Crippen LogP contribution in [0.2, 0.25) is 0 Å². The Morgan fingerprint density at radius 3 is 2.59 bits per heavy atom. The van der Waals surface area contributed by atoms with Gasteiger partial charge in [-0.3, -0.25) is 4.79 Å². The van der Waals surface area contributed by atoms with Crippen LogP contribution in [0.4, 0.5) is 0 Å². The van der Waals surface area contributed by atoms with Gasteiger partial charge in [0.05, 0.1) is 5.56 Å². The summed E-state index contributed by atoms with van der Waals surface area (Å²) >= 11 is 0. The van der Waals surface area contributed by atoms with Crippen molar-refractivity contribution in [2.75, 3.05) is 6.54 Å². The molecule has 5 nitrogen and oxygen atoms in total. The summed E-state index contributed by atoms with van der Waals surface area (Å²) in [7, 11) is 1.87. The highest BCUT2D eigenvalue weighted by Gasteiger charge is 2.21.